The third-order valence-corrected chi connectivity index (χ3v) is 2.22. The van der Waals surface area contributed by atoms with Crippen LogP contribution in [0.4, 0.5) is 0 Å². The smallest absolute Gasteiger partial charge is 0.0808 e. The predicted octanol–water partition coefficient (Wildman–Crippen LogP) is 1.87. The quantitative estimate of drug-likeness (QED) is 0.668. The summed E-state index contributed by atoms with van der Waals surface area (Å²) in [6, 6.07) is 2.09. The van der Waals surface area contributed by atoms with Crippen molar-refractivity contribution in [2.75, 3.05) is 13.2 Å². The average molecular weight is 183 g/mol. The van der Waals surface area contributed by atoms with Crippen LogP contribution >= 0.6 is 0 Å². The molecule has 0 N–H and O–H groups in total. The number of hydrogen-bond donors (Lipinski definition) is 0. The van der Waals surface area contributed by atoms with Gasteiger partial charge in [-0.2, -0.15) is 5.26 Å². The van der Waals surface area contributed by atoms with E-state index in [-0.39, 0.29) is 12.2 Å². The van der Waals surface area contributed by atoms with Gasteiger partial charge in [-0.25, -0.2) is 0 Å². The molecule has 1 heterocycles. The molecule has 13 heavy (non-hydrogen) atoms. The van der Waals surface area contributed by atoms with Crippen LogP contribution in [-0.4, -0.2) is 25.4 Å². The zero-order valence-electron chi connectivity index (χ0n) is 8.16. The Bertz CT molecular complexity index is 170. The van der Waals surface area contributed by atoms with E-state index in [1.165, 1.54) is 12.8 Å². The summed E-state index contributed by atoms with van der Waals surface area (Å²) in [4.78, 5) is 0. The molecular weight excluding hydrogens is 166 g/mol. The third-order valence-electron chi connectivity index (χ3n) is 2.22. The van der Waals surface area contributed by atoms with Gasteiger partial charge in [0.05, 0.1) is 31.3 Å². The number of rotatable bonds is 4. The molecular formula is C10H17NO2. The first-order valence-electron chi connectivity index (χ1n) is 4.93. The van der Waals surface area contributed by atoms with E-state index < -0.39 is 0 Å². The van der Waals surface area contributed by atoms with Crippen molar-refractivity contribution in [1.29, 1.82) is 5.26 Å². The molecule has 1 aliphatic heterocycles. The van der Waals surface area contributed by atoms with Gasteiger partial charge in [-0.3, -0.25) is 0 Å². The second-order valence-corrected chi connectivity index (χ2v) is 3.49. The van der Waals surface area contributed by atoms with Crippen LogP contribution < -0.4 is 0 Å². The van der Waals surface area contributed by atoms with E-state index in [1.54, 1.807) is 0 Å². The Kier molecular flexibility index (Phi) is 4.81. The van der Waals surface area contributed by atoms with Crippen LogP contribution in [0.2, 0.25) is 0 Å². The Morgan fingerprint density at radius 2 is 2.46 bits per heavy atom. The molecule has 74 valence electrons. The number of ether oxygens (including phenoxy) is 2. The number of nitriles is 1. The van der Waals surface area contributed by atoms with Crippen molar-refractivity contribution in [3.63, 3.8) is 0 Å². The van der Waals surface area contributed by atoms with Crippen LogP contribution in [0.3, 0.4) is 0 Å². The normalized spacial score (nSPS) is 25.1. The van der Waals surface area contributed by atoms with Crippen LogP contribution in [-0.2, 0) is 9.47 Å². The van der Waals surface area contributed by atoms with Crippen LogP contribution in [0.1, 0.15) is 32.6 Å². The molecule has 3 nitrogen and oxygen atoms in total. The van der Waals surface area contributed by atoms with Gasteiger partial charge in [-0.15, -0.1) is 0 Å². The lowest BCUT2D eigenvalue weighted by atomic mass is 10.1. The second-order valence-electron chi connectivity index (χ2n) is 3.49. The molecule has 0 amide bonds. The minimum Gasteiger partial charge on any atom is -0.376 e. The Balaban J connectivity index is 2.07. The maximum absolute atomic E-state index is 8.41. The van der Waals surface area contributed by atoms with Crippen molar-refractivity contribution in [2.24, 2.45) is 0 Å². The fraction of sp³-hybridized carbons (Fsp3) is 0.900. The van der Waals surface area contributed by atoms with Gasteiger partial charge in [0.25, 0.3) is 0 Å². The lowest BCUT2D eigenvalue weighted by Crippen LogP contribution is -2.26. The molecule has 1 fully saturated rings. The van der Waals surface area contributed by atoms with Gasteiger partial charge in [0.1, 0.15) is 0 Å². The van der Waals surface area contributed by atoms with Gasteiger partial charge in [0.2, 0.25) is 0 Å². The van der Waals surface area contributed by atoms with Crippen molar-refractivity contribution in [3.05, 3.63) is 0 Å². The van der Waals surface area contributed by atoms with Gasteiger partial charge >= 0.3 is 0 Å². The molecule has 2 unspecified atom stereocenters. The fourth-order valence-electron chi connectivity index (χ4n) is 1.40. The Morgan fingerprint density at radius 1 is 1.62 bits per heavy atom. The maximum atomic E-state index is 8.41. The number of nitrogens with zero attached hydrogens (tertiary/aromatic N) is 1. The highest BCUT2D eigenvalue weighted by molar-refractivity contribution is 4.74. The molecule has 0 bridgehead atoms. The van der Waals surface area contributed by atoms with E-state index in [0.717, 1.165) is 13.0 Å². The summed E-state index contributed by atoms with van der Waals surface area (Å²) in [5.41, 5.74) is 0. The molecule has 0 aliphatic carbocycles. The highest BCUT2D eigenvalue weighted by Crippen LogP contribution is 2.13. The SMILES string of the molecule is CC(CC#N)OCC1CCCCO1. The molecule has 0 aromatic carbocycles. The molecule has 3 heteroatoms. The van der Waals surface area contributed by atoms with Crippen LogP contribution in [0.5, 0.6) is 0 Å². The molecule has 0 saturated carbocycles. The van der Waals surface area contributed by atoms with Crippen molar-refractivity contribution in [2.45, 2.75) is 44.8 Å². The average Bonchev–Trinajstić information content (AvgIpc) is 2.17. The summed E-state index contributed by atoms with van der Waals surface area (Å²) < 4.78 is 11.0. The van der Waals surface area contributed by atoms with Crippen LogP contribution in [0.25, 0.3) is 0 Å². The van der Waals surface area contributed by atoms with Gasteiger partial charge in [0, 0.05) is 6.61 Å². The van der Waals surface area contributed by atoms with Gasteiger partial charge in [-0.1, -0.05) is 0 Å². The van der Waals surface area contributed by atoms with Crippen molar-refractivity contribution in [3.8, 4) is 6.07 Å². The molecule has 1 saturated heterocycles. The van der Waals surface area contributed by atoms with E-state index in [2.05, 4.69) is 6.07 Å². The topological polar surface area (TPSA) is 42.2 Å². The minimum atomic E-state index is 0.0375. The highest BCUT2D eigenvalue weighted by Gasteiger charge is 2.14. The van der Waals surface area contributed by atoms with Crippen LogP contribution in [0.15, 0.2) is 0 Å². The first-order valence-corrected chi connectivity index (χ1v) is 4.93. The van der Waals surface area contributed by atoms with Crippen molar-refractivity contribution >= 4 is 0 Å². The number of hydrogen-bond acceptors (Lipinski definition) is 3. The summed E-state index contributed by atoms with van der Waals surface area (Å²) in [5.74, 6) is 0. The fourth-order valence-corrected chi connectivity index (χ4v) is 1.40. The second kappa shape index (κ2) is 5.95. The molecule has 1 rings (SSSR count). The van der Waals surface area contributed by atoms with Crippen molar-refractivity contribution in [1.82, 2.24) is 0 Å². The van der Waals surface area contributed by atoms with Crippen LogP contribution in [0, 0.1) is 11.3 Å². The lowest BCUT2D eigenvalue weighted by Gasteiger charge is -2.23. The summed E-state index contributed by atoms with van der Waals surface area (Å²) in [7, 11) is 0. The summed E-state index contributed by atoms with van der Waals surface area (Å²) in [6.45, 7) is 3.43. The summed E-state index contributed by atoms with van der Waals surface area (Å²) in [6.07, 6.45) is 4.27. The zero-order valence-corrected chi connectivity index (χ0v) is 8.16. The first-order chi connectivity index (χ1) is 6.33. The molecule has 1 aliphatic rings. The van der Waals surface area contributed by atoms with E-state index in [0.29, 0.717) is 13.0 Å². The molecule has 0 aromatic rings. The van der Waals surface area contributed by atoms with E-state index >= 15 is 0 Å². The van der Waals surface area contributed by atoms with Gasteiger partial charge < -0.3 is 9.47 Å². The molecule has 0 radical (unpaired) electrons. The highest BCUT2D eigenvalue weighted by atomic mass is 16.5. The predicted molar refractivity (Wildman–Crippen MR) is 49.2 cm³/mol. The summed E-state index contributed by atoms with van der Waals surface area (Å²) in [5, 5.41) is 8.41. The molecule has 0 aromatic heterocycles. The maximum Gasteiger partial charge on any atom is 0.0808 e. The summed E-state index contributed by atoms with van der Waals surface area (Å²) >= 11 is 0. The zero-order chi connectivity index (χ0) is 9.52. The van der Waals surface area contributed by atoms with E-state index in [9.17, 15) is 0 Å². The monoisotopic (exact) mass is 183 g/mol. The molecule has 0 spiro atoms. The van der Waals surface area contributed by atoms with E-state index in [4.69, 9.17) is 14.7 Å². The van der Waals surface area contributed by atoms with E-state index in [1.807, 2.05) is 6.92 Å². The van der Waals surface area contributed by atoms with Gasteiger partial charge in [-0.05, 0) is 26.2 Å². The standard InChI is InChI=1S/C10H17NO2/c1-9(5-6-11)13-8-10-4-2-3-7-12-10/h9-10H,2-5,7-8H2,1H3. The molecule has 2 atom stereocenters. The minimum absolute atomic E-state index is 0.0375. The largest absolute Gasteiger partial charge is 0.376 e. The van der Waals surface area contributed by atoms with Gasteiger partial charge in [0.15, 0.2) is 0 Å². The first kappa shape index (κ1) is 10.5. The third kappa shape index (κ3) is 4.25. The Morgan fingerprint density at radius 3 is 3.08 bits per heavy atom. The van der Waals surface area contributed by atoms with Crippen molar-refractivity contribution < 1.29 is 9.47 Å². The Labute approximate surface area is 79.6 Å². The Hall–Kier alpha value is -0.590. The lowest BCUT2D eigenvalue weighted by molar-refractivity contribution is -0.0579.